The molecule has 1 aliphatic carbocycles. The van der Waals surface area contributed by atoms with Gasteiger partial charge in [-0.3, -0.25) is 4.79 Å². The van der Waals surface area contributed by atoms with Gasteiger partial charge in [-0.05, 0) is 18.4 Å². The van der Waals surface area contributed by atoms with Crippen LogP contribution in [-0.4, -0.2) is 12.5 Å². The molecule has 5 heteroatoms. The third kappa shape index (κ3) is 2.78. The number of hydrogen-bond acceptors (Lipinski definition) is 2. The maximum atomic E-state index is 13.0. The van der Waals surface area contributed by atoms with E-state index in [2.05, 4.69) is 5.32 Å². The van der Waals surface area contributed by atoms with E-state index in [0.717, 1.165) is 18.6 Å². The van der Waals surface area contributed by atoms with E-state index in [4.69, 9.17) is 5.73 Å². The van der Waals surface area contributed by atoms with Gasteiger partial charge in [0, 0.05) is 18.3 Å². The van der Waals surface area contributed by atoms with Crippen molar-refractivity contribution >= 4 is 11.6 Å². The van der Waals surface area contributed by atoms with Crippen molar-refractivity contribution in [2.75, 3.05) is 12.3 Å². The lowest BCUT2D eigenvalue weighted by Gasteiger charge is -2.25. The molecule has 0 saturated heterocycles. The maximum Gasteiger partial charge on any atom is 0.253 e. The van der Waals surface area contributed by atoms with Gasteiger partial charge >= 0.3 is 0 Å². The number of amides is 1. The van der Waals surface area contributed by atoms with E-state index >= 15 is 0 Å². The van der Waals surface area contributed by atoms with E-state index in [1.54, 1.807) is 0 Å². The average molecular weight is 254 g/mol. The van der Waals surface area contributed by atoms with Crippen LogP contribution >= 0.6 is 0 Å². The summed E-state index contributed by atoms with van der Waals surface area (Å²) in [6.45, 7) is 0.544. The number of anilines is 1. The second-order valence-electron chi connectivity index (χ2n) is 4.70. The van der Waals surface area contributed by atoms with Crippen LogP contribution in [0.15, 0.2) is 12.1 Å². The van der Waals surface area contributed by atoms with Crippen molar-refractivity contribution in [3.63, 3.8) is 0 Å². The maximum absolute atomic E-state index is 13.0. The van der Waals surface area contributed by atoms with Gasteiger partial charge in [-0.2, -0.15) is 0 Å². The van der Waals surface area contributed by atoms with Crippen LogP contribution in [0.5, 0.6) is 0 Å². The fourth-order valence-electron chi connectivity index (χ4n) is 2.03. The molecule has 0 unspecified atom stereocenters. The van der Waals surface area contributed by atoms with Crippen LogP contribution in [0.1, 0.15) is 36.0 Å². The first-order chi connectivity index (χ1) is 8.58. The Balaban J connectivity index is 1.93. The molecule has 1 amide bonds. The van der Waals surface area contributed by atoms with Crippen LogP contribution in [-0.2, 0) is 0 Å². The van der Waals surface area contributed by atoms with Crippen LogP contribution in [0.25, 0.3) is 0 Å². The number of rotatable bonds is 4. The Bertz CT molecular complexity index is 459. The summed E-state index contributed by atoms with van der Waals surface area (Å²) in [7, 11) is 0. The van der Waals surface area contributed by atoms with Crippen molar-refractivity contribution in [3.05, 3.63) is 29.3 Å². The van der Waals surface area contributed by atoms with E-state index in [1.165, 1.54) is 19.3 Å². The summed E-state index contributed by atoms with van der Waals surface area (Å²) in [5, 5.41) is 2.68. The highest BCUT2D eigenvalue weighted by Gasteiger charge is 2.18. The number of halogens is 2. The molecule has 0 atom stereocenters. The van der Waals surface area contributed by atoms with Gasteiger partial charge in [0.05, 0.1) is 5.56 Å². The van der Waals surface area contributed by atoms with Crippen molar-refractivity contribution in [1.82, 2.24) is 5.32 Å². The Morgan fingerprint density at radius 2 is 2.00 bits per heavy atom. The molecule has 0 spiro atoms. The second-order valence-corrected chi connectivity index (χ2v) is 4.70. The monoisotopic (exact) mass is 254 g/mol. The Labute approximate surface area is 104 Å². The molecule has 98 valence electrons. The fraction of sp³-hybridized carbons (Fsp3) is 0.462. The van der Waals surface area contributed by atoms with Gasteiger partial charge in [-0.25, -0.2) is 8.78 Å². The van der Waals surface area contributed by atoms with Gasteiger partial charge in [0.15, 0.2) is 11.6 Å². The lowest BCUT2D eigenvalue weighted by Crippen LogP contribution is -2.28. The number of carbonyl (C=O) groups excluding carboxylic acids is 1. The highest BCUT2D eigenvalue weighted by Crippen LogP contribution is 2.28. The third-order valence-corrected chi connectivity index (χ3v) is 3.40. The predicted octanol–water partition coefficient (Wildman–Crippen LogP) is 2.47. The number of nitrogen functional groups attached to an aromatic ring is 1. The minimum atomic E-state index is -1.06. The molecule has 0 aromatic heterocycles. The zero-order chi connectivity index (χ0) is 13.1. The summed E-state index contributed by atoms with van der Waals surface area (Å²) in [5.74, 6) is -1.87. The third-order valence-electron chi connectivity index (χ3n) is 3.40. The van der Waals surface area contributed by atoms with Crippen molar-refractivity contribution < 1.29 is 13.6 Å². The first-order valence-electron chi connectivity index (χ1n) is 6.10. The largest absolute Gasteiger partial charge is 0.398 e. The van der Waals surface area contributed by atoms with Crippen LogP contribution in [0.3, 0.4) is 0 Å². The fourth-order valence-corrected chi connectivity index (χ4v) is 2.03. The summed E-state index contributed by atoms with van der Waals surface area (Å²) in [5.41, 5.74) is 5.43. The highest BCUT2D eigenvalue weighted by molar-refractivity contribution is 5.99. The SMILES string of the molecule is Nc1cc(F)c(F)cc1C(=O)NCCC1CCC1. The highest BCUT2D eigenvalue weighted by atomic mass is 19.2. The molecule has 1 aliphatic rings. The molecule has 3 nitrogen and oxygen atoms in total. The molecule has 1 saturated carbocycles. The smallest absolute Gasteiger partial charge is 0.253 e. The Kier molecular flexibility index (Phi) is 3.79. The molecule has 1 aromatic rings. The van der Waals surface area contributed by atoms with Crippen LogP contribution in [0, 0.1) is 17.6 Å². The van der Waals surface area contributed by atoms with Gasteiger partial charge in [-0.15, -0.1) is 0 Å². The van der Waals surface area contributed by atoms with Gasteiger partial charge in [0.1, 0.15) is 0 Å². The number of carbonyl (C=O) groups is 1. The Morgan fingerprint density at radius 1 is 1.33 bits per heavy atom. The second kappa shape index (κ2) is 5.33. The van der Waals surface area contributed by atoms with E-state index in [0.29, 0.717) is 12.5 Å². The molecule has 0 aliphatic heterocycles. The van der Waals surface area contributed by atoms with Gasteiger partial charge in [0.2, 0.25) is 0 Å². The van der Waals surface area contributed by atoms with Crippen LogP contribution < -0.4 is 11.1 Å². The predicted molar refractivity (Wildman–Crippen MR) is 65.1 cm³/mol. The van der Waals surface area contributed by atoms with Gasteiger partial charge < -0.3 is 11.1 Å². The van der Waals surface area contributed by atoms with Crippen LogP contribution in [0.4, 0.5) is 14.5 Å². The lowest BCUT2D eigenvalue weighted by molar-refractivity contribution is 0.0949. The molecule has 18 heavy (non-hydrogen) atoms. The van der Waals surface area contributed by atoms with Crippen molar-refractivity contribution in [1.29, 1.82) is 0 Å². The minimum Gasteiger partial charge on any atom is -0.398 e. The summed E-state index contributed by atoms with van der Waals surface area (Å²) in [6, 6.07) is 1.67. The van der Waals surface area contributed by atoms with Crippen molar-refractivity contribution in [2.45, 2.75) is 25.7 Å². The summed E-state index contributed by atoms with van der Waals surface area (Å²) < 4.78 is 25.9. The standard InChI is InChI=1S/C13H16F2N2O/c14-10-6-9(12(16)7-11(10)15)13(18)17-5-4-8-2-1-3-8/h6-8H,1-5,16H2,(H,17,18). The quantitative estimate of drug-likeness (QED) is 0.811. The molecule has 1 fully saturated rings. The number of nitrogens with one attached hydrogen (secondary N) is 1. The zero-order valence-electron chi connectivity index (χ0n) is 10.0. The molecule has 2 rings (SSSR count). The molecule has 3 N–H and O–H groups in total. The molecular formula is C13H16F2N2O. The first kappa shape index (κ1) is 12.8. The van der Waals surface area contributed by atoms with E-state index in [9.17, 15) is 13.6 Å². The molecule has 0 radical (unpaired) electrons. The van der Waals surface area contributed by atoms with E-state index in [1.807, 2.05) is 0 Å². The normalized spacial score (nSPS) is 15.2. The minimum absolute atomic E-state index is 0.0116. The van der Waals surface area contributed by atoms with Crippen molar-refractivity contribution in [2.24, 2.45) is 5.92 Å². The van der Waals surface area contributed by atoms with E-state index < -0.39 is 17.5 Å². The van der Waals surface area contributed by atoms with Crippen LogP contribution in [0.2, 0.25) is 0 Å². The molecule has 1 aromatic carbocycles. The summed E-state index contributed by atoms with van der Waals surface area (Å²) in [6.07, 6.45) is 4.61. The number of nitrogens with two attached hydrogens (primary N) is 1. The number of hydrogen-bond donors (Lipinski definition) is 2. The topological polar surface area (TPSA) is 55.1 Å². The molecule has 0 heterocycles. The molecule has 0 bridgehead atoms. The van der Waals surface area contributed by atoms with Crippen molar-refractivity contribution in [3.8, 4) is 0 Å². The average Bonchev–Trinajstić information content (AvgIpc) is 2.26. The van der Waals surface area contributed by atoms with E-state index in [-0.39, 0.29) is 11.3 Å². The first-order valence-corrected chi connectivity index (χ1v) is 6.10. The summed E-state index contributed by atoms with van der Waals surface area (Å²) in [4.78, 5) is 11.7. The Hall–Kier alpha value is -1.65. The van der Waals surface area contributed by atoms with Gasteiger partial charge in [-0.1, -0.05) is 19.3 Å². The Morgan fingerprint density at radius 3 is 2.61 bits per heavy atom. The molecular weight excluding hydrogens is 238 g/mol. The summed E-state index contributed by atoms with van der Waals surface area (Å²) >= 11 is 0. The lowest BCUT2D eigenvalue weighted by atomic mass is 9.83. The zero-order valence-corrected chi connectivity index (χ0v) is 10.0. The van der Waals surface area contributed by atoms with Gasteiger partial charge in [0.25, 0.3) is 5.91 Å². The number of benzene rings is 1.